The number of hydrogen-bond donors (Lipinski definition) is 3. The first kappa shape index (κ1) is 24.0. The van der Waals surface area contributed by atoms with Crippen LogP contribution < -0.4 is 0 Å². The zero-order valence-corrected chi connectivity index (χ0v) is 20.4. The Kier molecular flexibility index (Phi) is 6.92. The van der Waals surface area contributed by atoms with Crippen molar-refractivity contribution >= 4 is 0 Å². The molecule has 0 bridgehead atoms. The molecule has 0 radical (unpaired) electrons. The van der Waals surface area contributed by atoms with E-state index < -0.39 is 12.2 Å². The summed E-state index contributed by atoms with van der Waals surface area (Å²) in [6.07, 6.45) is 18.0. The minimum atomic E-state index is -0.624. The van der Waals surface area contributed by atoms with Gasteiger partial charge in [0.05, 0.1) is 18.3 Å². The van der Waals surface area contributed by atoms with Crippen molar-refractivity contribution in [2.75, 3.05) is 0 Å². The van der Waals surface area contributed by atoms with Crippen molar-refractivity contribution in [1.29, 1.82) is 0 Å². The van der Waals surface area contributed by atoms with Gasteiger partial charge in [0.15, 0.2) is 0 Å². The summed E-state index contributed by atoms with van der Waals surface area (Å²) in [5, 5.41) is 30.9. The van der Waals surface area contributed by atoms with Gasteiger partial charge in [-0.3, -0.25) is 0 Å². The molecular formula is C29H44O3. The second-order valence-electron chi connectivity index (χ2n) is 11.6. The predicted octanol–water partition coefficient (Wildman–Crippen LogP) is 5.87. The highest BCUT2D eigenvalue weighted by Gasteiger charge is 2.50. The summed E-state index contributed by atoms with van der Waals surface area (Å²) in [4.78, 5) is 0. The molecule has 0 aromatic carbocycles. The van der Waals surface area contributed by atoms with Gasteiger partial charge in [-0.2, -0.15) is 0 Å². The first-order valence-electron chi connectivity index (χ1n) is 13.0. The van der Waals surface area contributed by atoms with Crippen LogP contribution in [0, 0.1) is 28.6 Å². The molecule has 0 aliphatic heterocycles. The van der Waals surface area contributed by atoms with Gasteiger partial charge in [0.25, 0.3) is 0 Å². The number of allylic oxidation sites excluding steroid dienone is 4. The smallest absolute Gasteiger partial charge is 0.0811 e. The van der Waals surface area contributed by atoms with Crippen LogP contribution >= 0.6 is 0 Å². The summed E-state index contributed by atoms with van der Waals surface area (Å²) in [6, 6.07) is 0. The van der Waals surface area contributed by atoms with E-state index in [-0.39, 0.29) is 11.5 Å². The van der Waals surface area contributed by atoms with Crippen LogP contribution in [0.5, 0.6) is 0 Å². The molecule has 0 heterocycles. The maximum atomic E-state index is 10.7. The van der Waals surface area contributed by atoms with E-state index in [0.29, 0.717) is 36.0 Å². The Bertz CT molecular complexity index is 801. The molecule has 7 atom stereocenters. The summed E-state index contributed by atoms with van der Waals surface area (Å²) in [5.74, 6) is 1.74. The fourth-order valence-corrected chi connectivity index (χ4v) is 7.25. The maximum Gasteiger partial charge on any atom is 0.0811 e. The van der Waals surface area contributed by atoms with Crippen molar-refractivity contribution in [1.82, 2.24) is 0 Å². The highest BCUT2D eigenvalue weighted by Crippen LogP contribution is 2.60. The average Bonchev–Trinajstić information content (AvgIpc) is 3.48. The molecule has 3 N–H and O–H groups in total. The Morgan fingerprint density at radius 3 is 2.56 bits per heavy atom. The number of fused-ring (bicyclic) bond motifs is 1. The first-order valence-corrected chi connectivity index (χ1v) is 13.0. The predicted molar refractivity (Wildman–Crippen MR) is 131 cm³/mol. The van der Waals surface area contributed by atoms with Gasteiger partial charge < -0.3 is 15.3 Å². The van der Waals surface area contributed by atoms with Gasteiger partial charge in [-0.1, -0.05) is 57.2 Å². The third-order valence-electron chi connectivity index (χ3n) is 9.76. The molecule has 0 saturated heterocycles. The highest BCUT2D eigenvalue weighted by molar-refractivity contribution is 5.38. The Hall–Kier alpha value is -1.16. The lowest BCUT2D eigenvalue weighted by molar-refractivity contribution is 0.0862. The van der Waals surface area contributed by atoms with Gasteiger partial charge in [-0.25, -0.2) is 0 Å². The minimum Gasteiger partial charge on any atom is -0.393 e. The zero-order valence-electron chi connectivity index (χ0n) is 20.4. The summed E-state index contributed by atoms with van der Waals surface area (Å²) in [5.41, 5.74) is 3.78. The molecule has 0 spiro atoms. The van der Waals surface area contributed by atoms with Crippen molar-refractivity contribution in [3.8, 4) is 0 Å². The number of rotatable bonds is 6. The van der Waals surface area contributed by atoms with Crippen LogP contribution in [0.4, 0.5) is 0 Å². The van der Waals surface area contributed by atoms with Crippen LogP contribution in [0.3, 0.4) is 0 Å². The number of aliphatic hydroxyl groups is 3. The van der Waals surface area contributed by atoms with E-state index in [4.69, 9.17) is 0 Å². The molecule has 3 heteroatoms. The number of hydrogen-bond acceptors (Lipinski definition) is 3. The Morgan fingerprint density at radius 2 is 1.88 bits per heavy atom. The van der Waals surface area contributed by atoms with Crippen LogP contribution in [0.1, 0.15) is 85.0 Å². The molecule has 178 valence electrons. The van der Waals surface area contributed by atoms with E-state index in [1.165, 1.54) is 31.3 Å². The molecule has 4 saturated carbocycles. The second kappa shape index (κ2) is 9.24. The summed E-state index contributed by atoms with van der Waals surface area (Å²) in [7, 11) is 0. The van der Waals surface area contributed by atoms with E-state index in [1.807, 2.05) is 0 Å². The van der Waals surface area contributed by atoms with Crippen LogP contribution in [0.15, 0.2) is 47.6 Å². The van der Waals surface area contributed by atoms with Crippen molar-refractivity contribution in [3.63, 3.8) is 0 Å². The molecule has 3 nitrogen and oxygen atoms in total. The molecule has 4 aliphatic rings. The third kappa shape index (κ3) is 4.45. The normalized spacial score (nSPS) is 41.2. The van der Waals surface area contributed by atoms with E-state index >= 15 is 0 Å². The van der Waals surface area contributed by atoms with Crippen molar-refractivity contribution in [2.45, 2.75) is 103 Å². The fraction of sp³-hybridized carbons (Fsp3) is 0.724. The van der Waals surface area contributed by atoms with E-state index in [1.54, 1.807) is 0 Å². The first-order chi connectivity index (χ1) is 15.2. The molecule has 0 amide bonds. The SMILES string of the molecule is C=C1C(=CC=C2CCC[C@]3(C)[C@@H]([C@H](C)C=C[C@@H](O)C4(CC)CC4)CC[C@@H]23)C[C@@H](O)C[C@@H]1O. The Labute approximate surface area is 195 Å². The van der Waals surface area contributed by atoms with Gasteiger partial charge in [0, 0.05) is 6.42 Å². The minimum absolute atomic E-state index is 0.164. The highest BCUT2D eigenvalue weighted by atomic mass is 16.3. The monoisotopic (exact) mass is 440 g/mol. The van der Waals surface area contributed by atoms with Crippen LogP contribution in [0.25, 0.3) is 0 Å². The topological polar surface area (TPSA) is 60.7 Å². The largest absolute Gasteiger partial charge is 0.393 e. The van der Waals surface area contributed by atoms with Gasteiger partial charge in [0.2, 0.25) is 0 Å². The van der Waals surface area contributed by atoms with Crippen LogP contribution in [-0.2, 0) is 0 Å². The lowest BCUT2D eigenvalue weighted by Crippen LogP contribution is -2.35. The molecule has 0 aromatic heterocycles. The van der Waals surface area contributed by atoms with E-state index in [2.05, 4.69) is 51.7 Å². The molecule has 4 rings (SSSR count). The van der Waals surface area contributed by atoms with Crippen molar-refractivity contribution in [3.05, 3.63) is 47.6 Å². The summed E-state index contributed by atoms with van der Waals surface area (Å²) in [6.45, 7) is 11.1. The molecule has 0 aromatic rings. The van der Waals surface area contributed by atoms with Gasteiger partial charge in [-0.15, -0.1) is 0 Å². The van der Waals surface area contributed by atoms with Crippen molar-refractivity contribution in [2.24, 2.45) is 28.6 Å². The van der Waals surface area contributed by atoms with Crippen molar-refractivity contribution < 1.29 is 15.3 Å². The second-order valence-corrected chi connectivity index (χ2v) is 11.6. The maximum absolute atomic E-state index is 10.7. The fourth-order valence-electron chi connectivity index (χ4n) is 7.25. The van der Waals surface area contributed by atoms with Crippen LogP contribution in [0.2, 0.25) is 0 Å². The summed E-state index contributed by atoms with van der Waals surface area (Å²) < 4.78 is 0. The zero-order chi connectivity index (χ0) is 23.1. The standard InChI is InChI=1S/C29H44O3/c1-5-29(15-16-29)27(32)13-8-19(2)24-11-12-25-21(7-6-14-28(24,25)4)9-10-22-17-23(30)18-26(31)20(22)3/h8-10,13,19,23-27,30-32H,3,5-7,11-12,14-18H2,1-2,4H3/t19-,23-,24-,25+,26+,27-,28-/m1/s1. The third-order valence-corrected chi connectivity index (χ3v) is 9.76. The lowest BCUT2D eigenvalue weighted by Gasteiger charge is -2.44. The van der Waals surface area contributed by atoms with Gasteiger partial charge in [-0.05, 0) is 97.5 Å². The molecular weight excluding hydrogens is 396 g/mol. The molecule has 32 heavy (non-hydrogen) atoms. The van der Waals surface area contributed by atoms with E-state index in [9.17, 15) is 15.3 Å². The Morgan fingerprint density at radius 1 is 1.12 bits per heavy atom. The quantitative estimate of drug-likeness (QED) is 0.453. The van der Waals surface area contributed by atoms with E-state index in [0.717, 1.165) is 36.8 Å². The number of aliphatic hydroxyl groups excluding tert-OH is 3. The average molecular weight is 441 g/mol. The molecule has 4 fully saturated rings. The summed E-state index contributed by atoms with van der Waals surface area (Å²) >= 11 is 0. The molecule has 4 aliphatic carbocycles. The van der Waals surface area contributed by atoms with Gasteiger partial charge >= 0.3 is 0 Å². The molecule has 0 unspecified atom stereocenters. The van der Waals surface area contributed by atoms with Crippen LogP contribution in [-0.4, -0.2) is 33.6 Å². The Balaban J connectivity index is 1.47. The lowest BCUT2D eigenvalue weighted by atomic mass is 9.61. The van der Waals surface area contributed by atoms with Gasteiger partial charge in [0.1, 0.15) is 0 Å².